The van der Waals surface area contributed by atoms with Gasteiger partial charge in [-0.05, 0) is 38.0 Å². The Kier molecular flexibility index (Phi) is 2.43. The lowest BCUT2D eigenvalue weighted by molar-refractivity contribution is -0.113. The van der Waals surface area contributed by atoms with Gasteiger partial charge in [0.2, 0.25) is 0 Å². The number of allylic oxidation sites excluding steroid dienone is 1. The molecule has 0 saturated carbocycles. The van der Waals surface area contributed by atoms with Gasteiger partial charge < -0.3 is 0 Å². The van der Waals surface area contributed by atoms with Gasteiger partial charge in [-0.15, -0.1) is 0 Å². The van der Waals surface area contributed by atoms with Gasteiger partial charge in [-0.2, -0.15) is 0 Å². The number of rotatable bonds is 1. The molecule has 0 N–H and O–H groups in total. The molecule has 1 aromatic carbocycles. The minimum absolute atomic E-state index is 0.0138. The van der Waals surface area contributed by atoms with Crippen molar-refractivity contribution in [1.82, 2.24) is 0 Å². The van der Waals surface area contributed by atoms with Crippen LogP contribution in [0.15, 0.2) is 36.6 Å². The van der Waals surface area contributed by atoms with E-state index in [-0.39, 0.29) is 5.91 Å². The number of hydrogen-bond acceptors (Lipinski definition) is 1. The van der Waals surface area contributed by atoms with Gasteiger partial charge in [0.15, 0.2) is 0 Å². The van der Waals surface area contributed by atoms with E-state index >= 15 is 0 Å². The van der Waals surface area contributed by atoms with Crippen LogP contribution in [0.25, 0.3) is 0 Å². The monoisotopic (exact) mass is 213 g/mol. The summed E-state index contributed by atoms with van der Waals surface area (Å²) in [5, 5.41) is 0. The van der Waals surface area contributed by atoms with Crippen LogP contribution < -0.4 is 4.90 Å². The summed E-state index contributed by atoms with van der Waals surface area (Å²) in [7, 11) is 0. The summed E-state index contributed by atoms with van der Waals surface area (Å²) in [6.45, 7) is 9.99. The first-order chi connectivity index (χ1) is 7.50. The van der Waals surface area contributed by atoms with E-state index < -0.39 is 0 Å². The van der Waals surface area contributed by atoms with E-state index in [4.69, 9.17) is 0 Å². The zero-order valence-electron chi connectivity index (χ0n) is 9.87. The van der Waals surface area contributed by atoms with Crippen molar-refractivity contribution in [2.45, 2.75) is 20.8 Å². The van der Waals surface area contributed by atoms with Gasteiger partial charge in [0.1, 0.15) is 0 Å². The van der Waals surface area contributed by atoms with E-state index in [1.807, 2.05) is 13.8 Å². The molecule has 0 saturated heterocycles. The number of aryl methyl sites for hydroxylation is 3. The van der Waals surface area contributed by atoms with Crippen LogP contribution in [0.4, 0.5) is 5.69 Å². The van der Waals surface area contributed by atoms with E-state index in [2.05, 4.69) is 25.6 Å². The summed E-state index contributed by atoms with van der Waals surface area (Å²) < 4.78 is 0. The molecule has 0 aromatic heterocycles. The molecular weight excluding hydrogens is 198 g/mol. The highest BCUT2D eigenvalue weighted by molar-refractivity contribution is 6.08. The number of carbonyl (C=O) groups is 1. The number of amides is 1. The van der Waals surface area contributed by atoms with Crippen LogP contribution in [0.2, 0.25) is 0 Å². The Balaban J connectivity index is 2.57. The Labute approximate surface area is 95.9 Å². The van der Waals surface area contributed by atoms with Crippen molar-refractivity contribution < 1.29 is 4.79 Å². The highest BCUT2D eigenvalue weighted by atomic mass is 16.2. The molecule has 2 nitrogen and oxygen atoms in total. The topological polar surface area (TPSA) is 20.3 Å². The minimum Gasteiger partial charge on any atom is -0.278 e. The van der Waals surface area contributed by atoms with Crippen molar-refractivity contribution in [3.8, 4) is 0 Å². The normalized spacial score (nSPS) is 15.1. The highest BCUT2D eigenvalue weighted by Gasteiger charge is 2.23. The SMILES string of the molecule is C=C1C=CC(=O)N1c1c(C)cc(C)cc1C. The second-order valence-corrected chi connectivity index (χ2v) is 4.25. The van der Waals surface area contributed by atoms with E-state index in [0.717, 1.165) is 22.5 Å². The van der Waals surface area contributed by atoms with E-state index in [1.165, 1.54) is 5.56 Å². The second kappa shape index (κ2) is 3.63. The molecule has 82 valence electrons. The third-order valence-electron chi connectivity index (χ3n) is 2.78. The van der Waals surface area contributed by atoms with Crippen molar-refractivity contribution >= 4 is 11.6 Å². The third-order valence-corrected chi connectivity index (χ3v) is 2.78. The van der Waals surface area contributed by atoms with Gasteiger partial charge in [-0.3, -0.25) is 9.69 Å². The van der Waals surface area contributed by atoms with Crippen molar-refractivity contribution in [3.63, 3.8) is 0 Å². The number of nitrogens with zero attached hydrogens (tertiary/aromatic N) is 1. The van der Waals surface area contributed by atoms with Crippen LogP contribution in [0, 0.1) is 20.8 Å². The molecule has 2 heteroatoms. The first kappa shape index (κ1) is 10.7. The van der Waals surface area contributed by atoms with Gasteiger partial charge in [0.05, 0.1) is 5.69 Å². The predicted octanol–water partition coefficient (Wildman–Crippen LogP) is 3.03. The van der Waals surface area contributed by atoms with Crippen molar-refractivity contribution in [1.29, 1.82) is 0 Å². The van der Waals surface area contributed by atoms with Crippen molar-refractivity contribution in [3.05, 3.63) is 53.3 Å². The lowest BCUT2D eigenvalue weighted by atomic mass is 10.0. The first-order valence-electron chi connectivity index (χ1n) is 5.29. The average Bonchev–Trinajstić information content (AvgIpc) is 2.47. The molecule has 16 heavy (non-hydrogen) atoms. The summed E-state index contributed by atoms with van der Waals surface area (Å²) in [5.41, 5.74) is 5.13. The maximum atomic E-state index is 11.8. The smallest absolute Gasteiger partial charge is 0.255 e. The molecule has 0 aliphatic carbocycles. The largest absolute Gasteiger partial charge is 0.278 e. The molecule has 0 fully saturated rings. The van der Waals surface area contributed by atoms with Crippen LogP contribution in [-0.4, -0.2) is 5.91 Å². The summed E-state index contributed by atoms with van der Waals surface area (Å²) in [4.78, 5) is 13.4. The number of anilines is 1. The number of carbonyl (C=O) groups excluding carboxylic acids is 1. The lowest BCUT2D eigenvalue weighted by Crippen LogP contribution is -2.24. The van der Waals surface area contributed by atoms with Gasteiger partial charge in [0, 0.05) is 11.8 Å². The Bertz CT molecular complexity index is 470. The maximum Gasteiger partial charge on any atom is 0.255 e. The molecule has 1 heterocycles. The zero-order valence-corrected chi connectivity index (χ0v) is 9.87. The number of hydrogen-bond donors (Lipinski definition) is 0. The lowest BCUT2D eigenvalue weighted by Gasteiger charge is -2.22. The molecule has 0 spiro atoms. The average molecular weight is 213 g/mol. The van der Waals surface area contributed by atoms with Gasteiger partial charge in [0.25, 0.3) is 5.91 Å². The summed E-state index contributed by atoms with van der Waals surface area (Å²) in [6.07, 6.45) is 3.31. The molecule has 0 unspecified atom stereocenters. The van der Waals surface area contributed by atoms with Crippen LogP contribution in [-0.2, 0) is 4.79 Å². The molecule has 0 radical (unpaired) electrons. The van der Waals surface area contributed by atoms with Crippen LogP contribution in [0.3, 0.4) is 0 Å². The van der Waals surface area contributed by atoms with Crippen molar-refractivity contribution in [2.24, 2.45) is 0 Å². The Hall–Kier alpha value is -1.83. The molecule has 2 rings (SSSR count). The first-order valence-corrected chi connectivity index (χ1v) is 5.29. The molecular formula is C14H15NO. The van der Waals surface area contributed by atoms with Gasteiger partial charge in [-0.1, -0.05) is 24.3 Å². The van der Waals surface area contributed by atoms with Gasteiger partial charge >= 0.3 is 0 Å². The highest BCUT2D eigenvalue weighted by Crippen LogP contribution is 2.31. The fraction of sp³-hybridized carbons (Fsp3) is 0.214. The molecule has 1 amide bonds. The maximum absolute atomic E-state index is 11.8. The van der Waals surface area contributed by atoms with Gasteiger partial charge in [-0.25, -0.2) is 0 Å². The molecule has 0 atom stereocenters. The number of benzene rings is 1. The van der Waals surface area contributed by atoms with E-state index in [1.54, 1.807) is 17.1 Å². The van der Waals surface area contributed by atoms with E-state index in [9.17, 15) is 4.79 Å². The van der Waals surface area contributed by atoms with Crippen molar-refractivity contribution in [2.75, 3.05) is 4.90 Å². The predicted molar refractivity (Wildman–Crippen MR) is 66.4 cm³/mol. The fourth-order valence-corrected chi connectivity index (χ4v) is 2.24. The Morgan fingerprint density at radius 2 is 1.62 bits per heavy atom. The Morgan fingerprint density at radius 3 is 2.06 bits per heavy atom. The molecule has 1 aliphatic rings. The summed E-state index contributed by atoms with van der Waals surface area (Å²) in [5.74, 6) is -0.0138. The van der Waals surface area contributed by atoms with E-state index in [0.29, 0.717) is 0 Å². The zero-order chi connectivity index (χ0) is 11.9. The summed E-state index contributed by atoms with van der Waals surface area (Å²) >= 11 is 0. The van der Waals surface area contributed by atoms with Crippen LogP contribution >= 0.6 is 0 Å². The molecule has 1 aliphatic heterocycles. The fourth-order valence-electron chi connectivity index (χ4n) is 2.24. The second-order valence-electron chi connectivity index (χ2n) is 4.25. The third kappa shape index (κ3) is 1.56. The standard InChI is InChI=1S/C14H15NO/c1-9-7-10(2)14(11(3)8-9)15-12(4)5-6-13(15)16/h5-8H,4H2,1-3H3. The molecule has 1 aromatic rings. The minimum atomic E-state index is -0.0138. The Morgan fingerprint density at radius 1 is 1.06 bits per heavy atom. The van der Waals surface area contributed by atoms with Crippen LogP contribution in [0.1, 0.15) is 16.7 Å². The van der Waals surface area contributed by atoms with Crippen LogP contribution in [0.5, 0.6) is 0 Å². The molecule has 0 bridgehead atoms. The summed E-state index contributed by atoms with van der Waals surface area (Å²) in [6, 6.07) is 4.17. The quantitative estimate of drug-likeness (QED) is 0.702.